The van der Waals surface area contributed by atoms with Crippen LogP contribution in [0.5, 0.6) is 5.75 Å². The van der Waals surface area contributed by atoms with Gasteiger partial charge >= 0.3 is 0 Å². The molecule has 1 aromatic carbocycles. The van der Waals surface area contributed by atoms with Gasteiger partial charge in [0, 0.05) is 36.0 Å². The van der Waals surface area contributed by atoms with Crippen LogP contribution in [0.15, 0.2) is 23.1 Å². The molecule has 2 saturated heterocycles. The van der Waals surface area contributed by atoms with E-state index in [2.05, 4.69) is 4.72 Å². The highest BCUT2D eigenvalue weighted by atomic mass is 32.2. The Kier molecular flexibility index (Phi) is 7.37. The normalized spacial score (nSPS) is 22.3. The third kappa shape index (κ3) is 5.69. The summed E-state index contributed by atoms with van der Waals surface area (Å²) in [5.41, 5.74) is -0.309. The van der Waals surface area contributed by atoms with Gasteiger partial charge in [-0.2, -0.15) is 11.8 Å². The molecule has 0 aromatic heterocycles. The van der Waals surface area contributed by atoms with E-state index in [4.69, 9.17) is 9.47 Å². The van der Waals surface area contributed by atoms with Gasteiger partial charge in [-0.3, -0.25) is 4.79 Å². The maximum Gasteiger partial charge on any atom is 0.254 e. The fourth-order valence-corrected chi connectivity index (χ4v) is 6.66. The molecule has 0 bridgehead atoms. The van der Waals surface area contributed by atoms with Gasteiger partial charge in [-0.25, -0.2) is 13.1 Å². The lowest BCUT2D eigenvalue weighted by Gasteiger charge is -2.31. The van der Waals surface area contributed by atoms with E-state index in [9.17, 15) is 13.2 Å². The second-order valence-corrected chi connectivity index (χ2v) is 11.6. The van der Waals surface area contributed by atoms with Crippen molar-refractivity contribution in [3.63, 3.8) is 0 Å². The van der Waals surface area contributed by atoms with E-state index < -0.39 is 15.6 Å². The van der Waals surface area contributed by atoms with Gasteiger partial charge < -0.3 is 14.4 Å². The first-order valence-corrected chi connectivity index (χ1v) is 13.0. The Morgan fingerprint density at radius 2 is 2.10 bits per heavy atom. The highest BCUT2D eigenvalue weighted by Gasteiger charge is 2.33. The summed E-state index contributed by atoms with van der Waals surface area (Å²) in [6.07, 6.45) is 2.94. The van der Waals surface area contributed by atoms with Gasteiger partial charge in [0.15, 0.2) is 0 Å². The van der Waals surface area contributed by atoms with E-state index >= 15 is 0 Å². The second kappa shape index (κ2) is 9.46. The minimum Gasteiger partial charge on any atom is -0.495 e. The average molecular weight is 457 g/mol. The topological polar surface area (TPSA) is 84.9 Å². The molecule has 1 aromatic rings. The first kappa shape index (κ1) is 23.4. The molecular weight excluding hydrogens is 424 g/mol. The minimum atomic E-state index is -3.86. The van der Waals surface area contributed by atoms with E-state index in [-0.39, 0.29) is 28.7 Å². The smallest absolute Gasteiger partial charge is 0.254 e. The zero-order valence-corrected chi connectivity index (χ0v) is 19.8. The lowest BCUT2D eigenvalue weighted by molar-refractivity contribution is 0.0441. The number of benzene rings is 1. The van der Waals surface area contributed by atoms with Crippen LogP contribution in [0, 0.1) is 0 Å². The third-order valence-corrected chi connectivity index (χ3v) is 8.10. The fourth-order valence-electron chi connectivity index (χ4n) is 3.82. The second-order valence-electron chi connectivity index (χ2n) is 8.83. The lowest BCUT2D eigenvalue weighted by Crippen LogP contribution is -2.45. The van der Waals surface area contributed by atoms with Gasteiger partial charge in [0.2, 0.25) is 10.0 Å². The van der Waals surface area contributed by atoms with Crippen molar-refractivity contribution >= 4 is 27.7 Å². The fraction of sp³-hybridized carbons (Fsp3) is 0.667. The molecule has 7 nitrogen and oxygen atoms in total. The number of nitrogens with zero attached hydrogens (tertiary/aromatic N) is 1. The molecule has 3 rings (SSSR count). The van der Waals surface area contributed by atoms with E-state index in [1.807, 2.05) is 16.7 Å². The summed E-state index contributed by atoms with van der Waals surface area (Å²) in [6, 6.07) is 4.77. The molecule has 1 N–H and O–H groups in total. The number of amides is 1. The Hall–Kier alpha value is -1.29. The van der Waals surface area contributed by atoms with E-state index in [0.29, 0.717) is 12.1 Å². The van der Waals surface area contributed by atoms with Crippen LogP contribution in [0.25, 0.3) is 0 Å². The van der Waals surface area contributed by atoms with Gasteiger partial charge in [-0.15, -0.1) is 0 Å². The molecule has 168 valence electrons. The van der Waals surface area contributed by atoms with Gasteiger partial charge in [-0.05, 0) is 64.0 Å². The maximum atomic E-state index is 13.5. The SMILES string of the molecule is COc1ccc(C(=O)N(CC2CCCO2)C2CCSC2)cc1S(=O)(=O)NC(C)(C)C. The predicted molar refractivity (Wildman–Crippen MR) is 119 cm³/mol. The lowest BCUT2D eigenvalue weighted by atomic mass is 10.1. The summed E-state index contributed by atoms with van der Waals surface area (Å²) in [7, 11) is -2.44. The molecule has 0 aliphatic carbocycles. The van der Waals surface area contributed by atoms with Crippen molar-refractivity contribution in [3.8, 4) is 5.75 Å². The molecule has 30 heavy (non-hydrogen) atoms. The summed E-state index contributed by atoms with van der Waals surface area (Å²) in [5, 5.41) is 0. The number of hydrogen-bond donors (Lipinski definition) is 1. The Balaban J connectivity index is 1.93. The van der Waals surface area contributed by atoms with Crippen molar-refractivity contribution in [2.45, 2.75) is 62.6 Å². The third-order valence-electron chi connectivity index (χ3n) is 5.17. The predicted octanol–water partition coefficient (Wildman–Crippen LogP) is 2.90. The molecular formula is C21H32N2O5S2. The zero-order chi connectivity index (χ0) is 21.9. The van der Waals surface area contributed by atoms with Crippen LogP contribution in [-0.4, -0.2) is 68.7 Å². The minimum absolute atomic E-state index is 0.0244. The Bertz CT molecular complexity index is 855. The highest BCUT2D eigenvalue weighted by molar-refractivity contribution is 7.99. The quantitative estimate of drug-likeness (QED) is 0.679. The van der Waals surface area contributed by atoms with E-state index in [1.54, 1.807) is 32.9 Å². The van der Waals surface area contributed by atoms with Crippen LogP contribution in [-0.2, 0) is 14.8 Å². The number of methoxy groups -OCH3 is 1. The number of carbonyl (C=O) groups is 1. The molecule has 2 heterocycles. The van der Waals surface area contributed by atoms with Crippen molar-refractivity contribution in [1.29, 1.82) is 0 Å². The number of sulfonamides is 1. The summed E-state index contributed by atoms with van der Waals surface area (Å²) >= 11 is 1.84. The summed E-state index contributed by atoms with van der Waals surface area (Å²) in [4.78, 5) is 15.3. The van der Waals surface area contributed by atoms with Crippen LogP contribution < -0.4 is 9.46 Å². The van der Waals surface area contributed by atoms with Crippen molar-refractivity contribution in [3.05, 3.63) is 23.8 Å². The number of carbonyl (C=O) groups excluding carboxylic acids is 1. The van der Waals surface area contributed by atoms with Crippen LogP contribution in [0.4, 0.5) is 0 Å². The zero-order valence-electron chi connectivity index (χ0n) is 18.1. The van der Waals surface area contributed by atoms with E-state index in [0.717, 1.165) is 37.4 Å². The first-order chi connectivity index (χ1) is 14.1. The summed E-state index contributed by atoms with van der Waals surface area (Å²) < 4.78 is 39.6. The molecule has 0 saturated carbocycles. The number of hydrogen-bond acceptors (Lipinski definition) is 6. The van der Waals surface area contributed by atoms with Gasteiger partial charge in [0.1, 0.15) is 10.6 Å². The highest BCUT2D eigenvalue weighted by Crippen LogP contribution is 2.29. The van der Waals surface area contributed by atoms with Crippen molar-refractivity contribution in [1.82, 2.24) is 9.62 Å². The van der Waals surface area contributed by atoms with Crippen LogP contribution in [0.2, 0.25) is 0 Å². The molecule has 2 atom stereocenters. The van der Waals surface area contributed by atoms with Crippen LogP contribution >= 0.6 is 11.8 Å². The van der Waals surface area contributed by atoms with E-state index in [1.165, 1.54) is 13.2 Å². The van der Waals surface area contributed by atoms with Crippen LogP contribution in [0.1, 0.15) is 50.4 Å². The van der Waals surface area contributed by atoms with Gasteiger partial charge in [0.25, 0.3) is 5.91 Å². The molecule has 1 amide bonds. The van der Waals surface area contributed by atoms with Crippen LogP contribution in [0.3, 0.4) is 0 Å². The monoisotopic (exact) mass is 456 g/mol. The number of rotatable bonds is 7. The molecule has 2 fully saturated rings. The number of thioether (sulfide) groups is 1. The number of nitrogens with one attached hydrogen (secondary N) is 1. The van der Waals surface area contributed by atoms with Crippen molar-refractivity contribution in [2.75, 3.05) is 31.8 Å². The Morgan fingerprint density at radius 3 is 2.67 bits per heavy atom. The molecule has 9 heteroatoms. The maximum absolute atomic E-state index is 13.5. The number of ether oxygens (including phenoxy) is 2. The Morgan fingerprint density at radius 1 is 1.33 bits per heavy atom. The first-order valence-electron chi connectivity index (χ1n) is 10.3. The van der Waals surface area contributed by atoms with Crippen molar-refractivity contribution < 1.29 is 22.7 Å². The van der Waals surface area contributed by atoms with Gasteiger partial charge in [-0.1, -0.05) is 0 Å². The Labute approximate surface area is 183 Å². The van der Waals surface area contributed by atoms with Gasteiger partial charge in [0.05, 0.1) is 13.2 Å². The largest absolute Gasteiger partial charge is 0.495 e. The summed E-state index contributed by atoms with van der Waals surface area (Å²) in [5.74, 6) is 1.97. The average Bonchev–Trinajstić information content (AvgIpc) is 3.37. The molecule has 2 unspecified atom stereocenters. The molecule has 2 aliphatic rings. The molecule has 2 aliphatic heterocycles. The summed E-state index contributed by atoms with van der Waals surface area (Å²) in [6.45, 7) is 6.58. The molecule has 0 spiro atoms. The van der Waals surface area contributed by atoms with Crippen molar-refractivity contribution in [2.24, 2.45) is 0 Å². The standard InChI is InChI=1S/C21H32N2O5S2/c1-21(2,3)22-30(25,26)19-12-15(7-8-18(19)27-4)20(24)23(16-9-11-29-14-16)13-17-6-5-10-28-17/h7-8,12,16-17,22H,5-6,9-11,13-14H2,1-4H3. The molecule has 0 radical (unpaired) electrons.